The number of hydrogen-bond donors (Lipinski definition) is 2. The van der Waals surface area contributed by atoms with Gasteiger partial charge in [-0.3, -0.25) is 9.69 Å². The van der Waals surface area contributed by atoms with Gasteiger partial charge in [0.2, 0.25) is 5.91 Å². The first kappa shape index (κ1) is 11.7. The van der Waals surface area contributed by atoms with Crippen LogP contribution in [0, 0.1) is 0 Å². The van der Waals surface area contributed by atoms with Gasteiger partial charge in [-0.2, -0.15) is 0 Å². The van der Waals surface area contributed by atoms with Crippen molar-refractivity contribution in [3.63, 3.8) is 0 Å². The van der Waals surface area contributed by atoms with Gasteiger partial charge in [-0.25, -0.2) is 0 Å². The third-order valence-electron chi connectivity index (χ3n) is 3.08. The Balaban J connectivity index is 2.28. The Labute approximate surface area is 100 Å². The molecule has 0 atom stereocenters. The van der Waals surface area contributed by atoms with Crippen molar-refractivity contribution in [1.82, 2.24) is 4.90 Å². The van der Waals surface area contributed by atoms with E-state index in [0.29, 0.717) is 6.54 Å². The highest BCUT2D eigenvalue weighted by Gasteiger charge is 2.22. The standard InChI is InChI=1S/C12H17N3O2/c1-17-11-3-2-10(13)9-6-15(7-12(14)16)5-4-8(9)11/h2-3H,4-7,13H2,1H3,(H2,14,16). The molecule has 1 aliphatic heterocycles. The molecule has 0 unspecified atom stereocenters. The van der Waals surface area contributed by atoms with Crippen LogP contribution in [0.4, 0.5) is 5.69 Å². The van der Waals surface area contributed by atoms with Gasteiger partial charge in [0.25, 0.3) is 0 Å². The van der Waals surface area contributed by atoms with Gasteiger partial charge < -0.3 is 16.2 Å². The minimum Gasteiger partial charge on any atom is -0.496 e. The molecule has 1 aromatic rings. The van der Waals surface area contributed by atoms with Crippen molar-refractivity contribution in [2.45, 2.75) is 13.0 Å². The van der Waals surface area contributed by atoms with Crippen LogP contribution in [0.2, 0.25) is 0 Å². The smallest absolute Gasteiger partial charge is 0.231 e. The summed E-state index contributed by atoms with van der Waals surface area (Å²) in [4.78, 5) is 12.9. The zero-order valence-corrected chi connectivity index (χ0v) is 9.90. The van der Waals surface area contributed by atoms with E-state index in [2.05, 4.69) is 0 Å². The normalized spacial score (nSPS) is 15.4. The van der Waals surface area contributed by atoms with E-state index >= 15 is 0 Å². The lowest BCUT2D eigenvalue weighted by molar-refractivity contribution is -0.119. The molecule has 1 amide bonds. The number of fused-ring (bicyclic) bond motifs is 1. The number of rotatable bonds is 3. The number of nitrogen functional groups attached to an aromatic ring is 1. The molecule has 2 rings (SSSR count). The monoisotopic (exact) mass is 235 g/mol. The summed E-state index contributed by atoms with van der Waals surface area (Å²) in [5.74, 6) is 0.558. The van der Waals surface area contributed by atoms with E-state index in [9.17, 15) is 4.79 Å². The molecular formula is C12H17N3O2. The molecule has 5 nitrogen and oxygen atoms in total. The molecule has 0 spiro atoms. The van der Waals surface area contributed by atoms with Crippen LogP contribution in [-0.2, 0) is 17.8 Å². The van der Waals surface area contributed by atoms with Crippen LogP contribution < -0.4 is 16.2 Å². The SMILES string of the molecule is COc1ccc(N)c2c1CCN(CC(N)=O)C2. The molecule has 0 bridgehead atoms. The number of amides is 1. The predicted molar refractivity (Wildman–Crippen MR) is 65.6 cm³/mol. The summed E-state index contributed by atoms with van der Waals surface area (Å²) in [5.41, 5.74) is 14.1. The lowest BCUT2D eigenvalue weighted by Gasteiger charge is -2.29. The maximum Gasteiger partial charge on any atom is 0.231 e. The first-order chi connectivity index (χ1) is 8.11. The number of carbonyl (C=O) groups excluding carboxylic acids is 1. The van der Waals surface area contributed by atoms with E-state index in [4.69, 9.17) is 16.2 Å². The number of carbonyl (C=O) groups is 1. The third kappa shape index (κ3) is 2.34. The average Bonchev–Trinajstić information content (AvgIpc) is 2.29. The first-order valence-electron chi connectivity index (χ1n) is 5.56. The largest absolute Gasteiger partial charge is 0.496 e. The highest BCUT2D eigenvalue weighted by molar-refractivity contribution is 5.76. The topological polar surface area (TPSA) is 81.6 Å². The molecule has 0 fully saturated rings. The van der Waals surface area contributed by atoms with Crippen molar-refractivity contribution in [3.8, 4) is 5.75 Å². The summed E-state index contributed by atoms with van der Waals surface area (Å²) in [6, 6.07) is 3.73. The number of benzene rings is 1. The van der Waals surface area contributed by atoms with Crippen molar-refractivity contribution < 1.29 is 9.53 Å². The summed E-state index contributed by atoms with van der Waals surface area (Å²) in [6.07, 6.45) is 0.830. The molecule has 0 radical (unpaired) electrons. The molecule has 0 aromatic heterocycles. The Hall–Kier alpha value is -1.75. The molecule has 4 N–H and O–H groups in total. The number of nitrogens with zero attached hydrogens (tertiary/aromatic N) is 1. The first-order valence-corrected chi connectivity index (χ1v) is 5.56. The maximum atomic E-state index is 10.9. The molecule has 1 heterocycles. The lowest BCUT2D eigenvalue weighted by Crippen LogP contribution is -2.37. The maximum absolute atomic E-state index is 10.9. The van der Waals surface area contributed by atoms with Gasteiger partial charge in [0.15, 0.2) is 0 Å². The van der Waals surface area contributed by atoms with Crippen molar-refractivity contribution in [2.24, 2.45) is 5.73 Å². The molecular weight excluding hydrogens is 218 g/mol. The van der Waals surface area contributed by atoms with Gasteiger partial charge in [0.1, 0.15) is 5.75 Å². The van der Waals surface area contributed by atoms with Crippen molar-refractivity contribution in [2.75, 3.05) is 25.9 Å². The number of anilines is 1. The molecule has 5 heteroatoms. The predicted octanol–water partition coefficient (Wildman–Crippen LogP) is 0.121. The van der Waals surface area contributed by atoms with E-state index in [1.54, 1.807) is 7.11 Å². The highest BCUT2D eigenvalue weighted by atomic mass is 16.5. The van der Waals surface area contributed by atoms with E-state index in [-0.39, 0.29) is 12.5 Å². The van der Waals surface area contributed by atoms with Gasteiger partial charge >= 0.3 is 0 Å². The van der Waals surface area contributed by atoms with Gasteiger partial charge in [0, 0.05) is 24.3 Å². The Morgan fingerprint density at radius 2 is 2.24 bits per heavy atom. The van der Waals surface area contributed by atoms with E-state index in [1.165, 1.54) is 0 Å². The van der Waals surface area contributed by atoms with Crippen LogP contribution in [0.25, 0.3) is 0 Å². The fourth-order valence-electron chi connectivity index (χ4n) is 2.27. The second kappa shape index (κ2) is 4.63. The van der Waals surface area contributed by atoms with Crippen LogP contribution in [0.15, 0.2) is 12.1 Å². The quantitative estimate of drug-likeness (QED) is 0.729. The van der Waals surface area contributed by atoms with Crippen molar-refractivity contribution >= 4 is 11.6 Å². The lowest BCUT2D eigenvalue weighted by atomic mass is 9.97. The zero-order chi connectivity index (χ0) is 12.4. The summed E-state index contributed by atoms with van der Waals surface area (Å²) >= 11 is 0. The van der Waals surface area contributed by atoms with Crippen LogP contribution in [0.3, 0.4) is 0 Å². The Morgan fingerprint density at radius 3 is 2.88 bits per heavy atom. The molecule has 1 aromatic carbocycles. The Kier molecular flexibility index (Phi) is 3.19. The van der Waals surface area contributed by atoms with Crippen molar-refractivity contribution in [1.29, 1.82) is 0 Å². The molecule has 17 heavy (non-hydrogen) atoms. The summed E-state index contributed by atoms with van der Waals surface area (Å²) in [7, 11) is 1.65. The average molecular weight is 235 g/mol. The summed E-state index contributed by atoms with van der Waals surface area (Å²) in [6.45, 7) is 1.73. The minimum absolute atomic E-state index is 0.274. The highest BCUT2D eigenvalue weighted by Crippen LogP contribution is 2.31. The molecule has 0 aliphatic carbocycles. The van der Waals surface area contributed by atoms with Gasteiger partial charge in [-0.15, -0.1) is 0 Å². The summed E-state index contributed by atoms with van der Waals surface area (Å²) < 4.78 is 5.32. The fraction of sp³-hybridized carbons (Fsp3) is 0.417. The number of primary amides is 1. The van der Waals surface area contributed by atoms with Crippen LogP contribution >= 0.6 is 0 Å². The van der Waals surface area contributed by atoms with Crippen molar-refractivity contribution in [3.05, 3.63) is 23.3 Å². The third-order valence-corrected chi connectivity index (χ3v) is 3.08. The number of hydrogen-bond acceptors (Lipinski definition) is 4. The molecule has 0 saturated heterocycles. The fourth-order valence-corrected chi connectivity index (χ4v) is 2.27. The Bertz CT molecular complexity index is 446. The molecule has 92 valence electrons. The van der Waals surface area contributed by atoms with Crippen LogP contribution in [0.5, 0.6) is 5.75 Å². The summed E-state index contributed by atoms with van der Waals surface area (Å²) in [5, 5.41) is 0. The zero-order valence-electron chi connectivity index (χ0n) is 9.90. The second-order valence-corrected chi connectivity index (χ2v) is 4.24. The van der Waals surface area contributed by atoms with Gasteiger partial charge in [0.05, 0.1) is 13.7 Å². The van der Waals surface area contributed by atoms with E-state index in [0.717, 1.165) is 35.5 Å². The van der Waals surface area contributed by atoms with Crippen LogP contribution in [0.1, 0.15) is 11.1 Å². The minimum atomic E-state index is -0.310. The van der Waals surface area contributed by atoms with Gasteiger partial charge in [-0.05, 0) is 24.1 Å². The number of methoxy groups -OCH3 is 1. The molecule has 0 saturated carbocycles. The van der Waals surface area contributed by atoms with E-state index in [1.807, 2.05) is 17.0 Å². The number of nitrogens with two attached hydrogens (primary N) is 2. The Morgan fingerprint density at radius 1 is 1.47 bits per heavy atom. The van der Waals surface area contributed by atoms with Gasteiger partial charge in [-0.1, -0.05) is 0 Å². The van der Waals surface area contributed by atoms with E-state index < -0.39 is 0 Å². The number of ether oxygens (including phenoxy) is 1. The van der Waals surface area contributed by atoms with Crippen LogP contribution in [-0.4, -0.2) is 31.0 Å². The second-order valence-electron chi connectivity index (χ2n) is 4.24. The molecule has 1 aliphatic rings.